The van der Waals surface area contributed by atoms with Gasteiger partial charge in [0, 0.05) is 32.3 Å². The molecule has 1 aliphatic rings. The molecule has 0 radical (unpaired) electrons. The van der Waals surface area contributed by atoms with Gasteiger partial charge in [0.25, 0.3) is 0 Å². The molecule has 0 atom stereocenters. The molecule has 0 N–H and O–H groups in total. The summed E-state index contributed by atoms with van der Waals surface area (Å²) in [4.78, 5) is 8.48. The number of likely N-dealkylation sites (N-methyl/N-ethyl adjacent to an activating group) is 1. The lowest BCUT2D eigenvalue weighted by atomic mass is 10.2. The summed E-state index contributed by atoms with van der Waals surface area (Å²) in [5.41, 5.74) is 1.14. The van der Waals surface area contributed by atoms with Gasteiger partial charge in [0.2, 0.25) is 17.5 Å². The summed E-state index contributed by atoms with van der Waals surface area (Å²) < 4.78 is 18.6. The summed E-state index contributed by atoms with van der Waals surface area (Å²) in [5, 5.41) is 9.25. The Kier molecular flexibility index (Phi) is 4.40. The molecule has 0 amide bonds. The quantitative estimate of drug-likeness (QED) is 0.872. The van der Waals surface area contributed by atoms with Gasteiger partial charge in [-0.05, 0) is 30.8 Å². The number of halogens is 1. The highest BCUT2D eigenvalue weighted by molar-refractivity contribution is 5.67. The molecule has 3 rings (SSSR count). The minimum Gasteiger partial charge on any atom is -0.420 e. The molecular formula is C17H17FN4O. The Morgan fingerprint density at radius 3 is 2.52 bits per heavy atom. The number of piperazine rings is 1. The van der Waals surface area contributed by atoms with Crippen LogP contribution in [0.5, 0.6) is 0 Å². The third kappa shape index (κ3) is 3.58. The molecule has 23 heavy (non-hydrogen) atoms. The number of hydrogen-bond donors (Lipinski definition) is 0. The van der Waals surface area contributed by atoms with Gasteiger partial charge >= 0.3 is 0 Å². The first-order valence-corrected chi connectivity index (χ1v) is 7.44. The molecule has 6 heteroatoms. The van der Waals surface area contributed by atoms with Gasteiger partial charge in [-0.2, -0.15) is 10.2 Å². The van der Waals surface area contributed by atoms with E-state index < -0.39 is 0 Å². The van der Waals surface area contributed by atoms with Crippen LogP contribution in [-0.4, -0.2) is 43.1 Å². The van der Waals surface area contributed by atoms with E-state index in [1.54, 1.807) is 24.3 Å². The Morgan fingerprint density at radius 2 is 1.87 bits per heavy atom. The van der Waals surface area contributed by atoms with Gasteiger partial charge in [-0.25, -0.2) is 4.39 Å². The Bertz CT molecular complexity index is 737. The van der Waals surface area contributed by atoms with Crippen molar-refractivity contribution in [3.8, 4) is 6.07 Å². The van der Waals surface area contributed by atoms with Crippen LogP contribution in [0, 0.1) is 17.1 Å². The first-order valence-electron chi connectivity index (χ1n) is 7.44. The van der Waals surface area contributed by atoms with Crippen molar-refractivity contribution < 1.29 is 8.81 Å². The van der Waals surface area contributed by atoms with E-state index >= 15 is 0 Å². The third-order valence-corrected chi connectivity index (χ3v) is 3.81. The number of anilines is 1. The maximum absolute atomic E-state index is 12.9. The summed E-state index contributed by atoms with van der Waals surface area (Å²) in [6.07, 6.45) is 3.47. The maximum Gasteiger partial charge on any atom is 0.235 e. The van der Waals surface area contributed by atoms with E-state index in [1.165, 1.54) is 12.1 Å². The van der Waals surface area contributed by atoms with Gasteiger partial charge in [-0.3, -0.25) is 0 Å². The van der Waals surface area contributed by atoms with Crippen LogP contribution in [-0.2, 0) is 0 Å². The molecule has 2 heterocycles. The summed E-state index contributed by atoms with van der Waals surface area (Å²) in [6.45, 7) is 3.46. The fourth-order valence-corrected chi connectivity index (χ4v) is 2.44. The van der Waals surface area contributed by atoms with Crippen LogP contribution in [0.3, 0.4) is 0 Å². The third-order valence-electron chi connectivity index (χ3n) is 3.81. The molecular weight excluding hydrogens is 295 g/mol. The lowest BCUT2D eigenvalue weighted by molar-refractivity contribution is 0.306. The standard InChI is InChI=1S/C17H17FN4O/c1-21-8-10-22(11-9-21)17-15(12-19)20-16(23-17)7-4-13-2-5-14(18)6-3-13/h2-7H,8-11H2,1H3/b7-4+. The van der Waals surface area contributed by atoms with E-state index in [-0.39, 0.29) is 5.82 Å². The Labute approximate surface area is 134 Å². The van der Waals surface area contributed by atoms with Crippen molar-refractivity contribution in [3.63, 3.8) is 0 Å². The number of benzene rings is 1. The average Bonchev–Trinajstić information content (AvgIpc) is 2.98. The van der Waals surface area contributed by atoms with Crippen LogP contribution in [0.25, 0.3) is 12.2 Å². The Balaban J connectivity index is 1.79. The largest absolute Gasteiger partial charge is 0.420 e. The summed E-state index contributed by atoms with van der Waals surface area (Å²) in [5.74, 6) is 0.626. The molecule has 1 aromatic carbocycles. The van der Waals surface area contributed by atoms with Crippen LogP contribution in [0.1, 0.15) is 17.1 Å². The van der Waals surface area contributed by atoms with Gasteiger partial charge in [0.05, 0.1) is 0 Å². The topological polar surface area (TPSA) is 56.3 Å². The van der Waals surface area contributed by atoms with E-state index in [2.05, 4.69) is 23.0 Å². The SMILES string of the molecule is CN1CCN(c2oc(/C=C/c3ccc(F)cc3)nc2C#N)CC1. The lowest BCUT2D eigenvalue weighted by Gasteiger charge is -2.31. The first-order chi connectivity index (χ1) is 11.2. The fraction of sp³-hybridized carbons (Fsp3) is 0.294. The molecule has 118 valence electrons. The number of hydrogen-bond acceptors (Lipinski definition) is 5. The number of rotatable bonds is 3. The van der Waals surface area contributed by atoms with Crippen molar-refractivity contribution in [2.45, 2.75) is 0 Å². The lowest BCUT2D eigenvalue weighted by Crippen LogP contribution is -2.44. The minimum atomic E-state index is -0.276. The highest BCUT2D eigenvalue weighted by Crippen LogP contribution is 2.24. The predicted molar refractivity (Wildman–Crippen MR) is 86.3 cm³/mol. The van der Waals surface area contributed by atoms with Crippen molar-refractivity contribution in [2.24, 2.45) is 0 Å². The monoisotopic (exact) mass is 312 g/mol. The van der Waals surface area contributed by atoms with Gasteiger partial charge < -0.3 is 14.2 Å². The van der Waals surface area contributed by atoms with Crippen LogP contribution in [0.4, 0.5) is 10.3 Å². The maximum atomic E-state index is 12.9. The van der Waals surface area contributed by atoms with Crippen molar-refractivity contribution in [1.82, 2.24) is 9.88 Å². The zero-order valence-electron chi connectivity index (χ0n) is 12.9. The van der Waals surface area contributed by atoms with Gasteiger partial charge in [0.15, 0.2) is 0 Å². The highest BCUT2D eigenvalue weighted by atomic mass is 19.1. The van der Waals surface area contributed by atoms with Crippen molar-refractivity contribution in [1.29, 1.82) is 5.26 Å². The Morgan fingerprint density at radius 1 is 1.17 bits per heavy atom. The molecule has 5 nitrogen and oxygen atoms in total. The number of nitrogens with zero attached hydrogens (tertiary/aromatic N) is 4. The molecule has 1 fully saturated rings. The van der Waals surface area contributed by atoms with Gasteiger partial charge in [-0.15, -0.1) is 0 Å². The van der Waals surface area contributed by atoms with Gasteiger partial charge in [0.1, 0.15) is 11.9 Å². The van der Waals surface area contributed by atoms with E-state index in [0.717, 1.165) is 31.7 Å². The number of nitriles is 1. The molecule has 0 aliphatic carbocycles. The van der Waals surface area contributed by atoms with E-state index in [0.29, 0.717) is 17.5 Å². The first kappa shape index (κ1) is 15.3. The molecule has 0 bridgehead atoms. The van der Waals surface area contributed by atoms with Gasteiger partial charge in [-0.1, -0.05) is 12.1 Å². The molecule has 1 aliphatic heterocycles. The zero-order valence-corrected chi connectivity index (χ0v) is 12.9. The zero-order chi connectivity index (χ0) is 16.2. The molecule has 0 spiro atoms. The molecule has 1 aromatic heterocycles. The molecule has 1 saturated heterocycles. The second kappa shape index (κ2) is 6.63. The molecule has 0 unspecified atom stereocenters. The summed E-state index contributed by atoms with van der Waals surface area (Å²) in [7, 11) is 2.07. The summed E-state index contributed by atoms with van der Waals surface area (Å²) >= 11 is 0. The van der Waals surface area contributed by atoms with Crippen LogP contribution in [0.15, 0.2) is 28.7 Å². The summed E-state index contributed by atoms with van der Waals surface area (Å²) in [6, 6.07) is 8.21. The predicted octanol–water partition coefficient (Wildman–Crippen LogP) is 2.61. The second-order valence-electron chi connectivity index (χ2n) is 5.49. The van der Waals surface area contributed by atoms with Crippen LogP contribution < -0.4 is 4.90 Å². The minimum absolute atomic E-state index is 0.276. The second-order valence-corrected chi connectivity index (χ2v) is 5.49. The highest BCUT2D eigenvalue weighted by Gasteiger charge is 2.22. The van der Waals surface area contributed by atoms with Crippen LogP contribution in [0.2, 0.25) is 0 Å². The average molecular weight is 312 g/mol. The molecule has 2 aromatic rings. The fourth-order valence-electron chi connectivity index (χ4n) is 2.44. The van der Waals surface area contributed by atoms with Crippen LogP contribution >= 0.6 is 0 Å². The van der Waals surface area contributed by atoms with E-state index in [4.69, 9.17) is 4.42 Å². The van der Waals surface area contributed by atoms with Crippen molar-refractivity contribution >= 4 is 18.0 Å². The number of oxazole rings is 1. The van der Waals surface area contributed by atoms with E-state index in [9.17, 15) is 9.65 Å². The van der Waals surface area contributed by atoms with Crippen molar-refractivity contribution in [3.05, 3.63) is 47.2 Å². The smallest absolute Gasteiger partial charge is 0.235 e. The van der Waals surface area contributed by atoms with E-state index in [1.807, 2.05) is 4.90 Å². The Hall–Kier alpha value is -2.65. The normalized spacial score (nSPS) is 16.0. The molecule has 0 saturated carbocycles. The number of aromatic nitrogens is 1. The van der Waals surface area contributed by atoms with Crippen molar-refractivity contribution in [2.75, 3.05) is 38.1 Å².